The van der Waals surface area contributed by atoms with E-state index in [0.29, 0.717) is 31.5 Å². The van der Waals surface area contributed by atoms with Crippen LogP contribution in [0.5, 0.6) is 0 Å². The van der Waals surface area contributed by atoms with E-state index in [1.165, 1.54) is 0 Å². The van der Waals surface area contributed by atoms with E-state index >= 15 is 0 Å². The van der Waals surface area contributed by atoms with Crippen molar-refractivity contribution in [3.05, 3.63) is 72.4 Å². The van der Waals surface area contributed by atoms with Gasteiger partial charge >= 0.3 is 0 Å². The second kappa shape index (κ2) is 11.5. The van der Waals surface area contributed by atoms with Crippen LogP contribution < -0.4 is 27.0 Å². The van der Waals surface area contributed by atoms with Crippen LogP contribution in [0.25, 0.3) is 10.9 Å². The van der Waals surface area contributed by atoms with Gasteiger partial charge in [-0.3, -0.25) is 19.4 Å². The molecule has 3 atom stereocenters. The van der Waals surface area contributed by atoms with Crippen molar-refractivity contribution in [1.82, 2.24) is 20.9 Å². The molecule has 182 valence electrons. The van der Waals surface area contributed by atoms with Crippen molar-refractivity contribution >= 4 is 34.3 Å². The monoisotopic (exact) mass is 474 g/mol. The molecule has 0 aliphatic carbocycles. The van der Waals surface area contributed by atoms with E-state index in [9.17, 15) is 14.4 Å². The molecule has 1 aromatic heterocycles. The zero-order chi connectivity index (χ0) is 24.6. The average Bonchev–Trinajstić information content (AvgIpc) is 3.35. The highest BCUT2D eigenvalue weighted by Crippen LogP contribution is 2.17. The van der Waals surface area contributed by atoms with E-state index in [2.05, 4.69) is 26.3 Å². The van der Waals surface area contributed by atoms with E-state index in [0.717, 1.165) is 16.5 Å². The number of aromatic nitrogens is 1. The molecule has 0 radical (unpaired) electrons. The maximum atomic E-state index is 13.2. The largest absolute Gasteiger partial charge is 0.351 e. The topological polar surface area (TPSA) is 138 Å². The molecule has 1 fully saturated rings. The van der Waals surface area contributed by atoms with Crippen LogP contribution in [-0.2, 0) is 20.8 Å². The normalized spacial score (nSPS) is 18.1. The number of para-hydroxylation sites is 1. The van der Waals surface area contributed by atoms with Crippen molar-refractivity contribution in [2.45, 2.75) is 37.4 Å². The molecule has 9 heteroatoms. The van der Waals surface area contributed by atoms with E-state index < -0.39 is 12.1 Å². The fourth-order valence-electron chi connectivity index (χ4n) is 4.20. The lowest BCUT2D eigenvalue weighted by Crippen LogP contribution is -2.50. The molecule has 9 nitrogen and oxygen atoms in total. The summed E-state index contributed by atoms with van der Waals surface area (Å²) in [5.74, 6) is -0.848. The summed E-state index contributed by atoms with van der Waals surface area (Å²) in [6, 6.07) is 17.9. The number of anilines is 1. The number of aryl methyl sites for hydroxylation is 1. The van der Waals surface area contributed by atoms with Gasteiger partial charge in [0.2, 0.25) is 17.7 Å². The zero-order valence-electron chi connectivity index (χ0n) is 19.4. The first kappa shape index (κ1) is 24.3. The zero-order valence-corrected chi connectivity index (χ0v) is 19.4. The Kier molecular flexibility index (Phi) is 8.02. The average molecular weight is 475 g/mol. The van der Waals surface area contributed by atoms with Gasteiger partial charge < -0.3 is 27.0 Å². The van der Waals surface area contributed by atoms with Gasteiger partial charge in [-0.05, 0) is 37.0 Å². The number of carbonyl (C=O) groups excluding carboxylic acids is 3. The van der Waals surface area contributed by atoms with Crippen molar-refractivity contribution in [3.8, 4) is 0 Å². The van der Waals surface area contributed by atoms with Crippen LogP contribution in [0, 0.1) is 0 Å². The summed E-state index contributed by atoms with van der Waals surface area (Å²) in [7, 11) is 0. The molecule has 6 N–H and O–H groups in total. The van der Waals surface area contributed by atoms with Gasteiger partial charge in [-0.1, -0.05) is 48.5 Å². The number of nitrogens with zero attached hydrogens (tertiary/aromatic N) is 1. The Morgan fingerprint density at radius 1 is 1.09 bits per heavy atom. The Balaban J connectivity index is 1.43. The van der Waals surface area contributed by atoms with Crippen LogP contribution in [0.2, 0.25) is 0 Å². The molecule has 0 spiro atoms. The van der Waals surface area contributed by atoms with Gasteiger partial charge in [-0.2, -0.15) is 0 Å². The van der Waals surface area contributed by atoms with Crippen LogP contribution in [-0.4, -0.2) is 53.9 Å². The van der Waals surface area contributed by atoms with Gasteiger partial charge in [-0.25, -0.2) is 0 Å². The molecule has 1 aliphatic rings. The van der Waals surface area contributed by atoms with E-state index in [4.69, 9.17) is 5.73 Å². The van der Waals surface area contributed by atoms with Gasteiger partial charge in [0.1, 0.15) is 6.04 Å². The molecule has 2 aromatic carbocycles. The highest BCUT2D eigenvalue weighted by Gasteiger charge is 2.32. The number of hydrogen-bond donors (Lipinski definition) is 5. The maximum Gasteiger partial charge on any atom is 0.247 e. The summed E-state index contributed by atoms with van der Waals surface area (Å²) in [5, 5.41) is 12.6. The van der Waals surface area contributed by atoms with Gasteiger partial charge in [0.15, 0.2) is 0 Å². The molecule has 0 saturated carbocycles. The number of nitrogens with two attached hydrogens (primary N) is 1. The fourth-order valence-corrected chi connectivity index (χ4v) is 4.20. The first-order valence-corrected chi connectivity index (χ1v) is 11.7. The number of fused-ring (bicyclic) bond motifs is 1. The van der Waals surface area contributed by atoms with Crippen LogP contribution in [0.1, 0.15) is 18.4 Å². The number of benzene rings is 2. The van der Waals surface area contributed by atoms with E-state index in [-0.39, 0.29) is 30.3 Å². The van der Waals surface area contributed by atoms with Crippen molar-refractivity contribution < 1.29 is 14.4 Å². The molecule has 3 aromatic rings. The maximum absolute atomic E-state index is 13.2. The van der Waals surface area contributed by atoms with Gasteiger partial charge in [-0.15, -0.1) is 0 Å². The molecular formula is C26H30N6O3. The van der Waals surface area contributed by atoms with Crippen LogP contribution in [0.3, 0.4) is 0 Å². The standard InChI is InChI=1S/C26H30N6O3/c27-14-24(33)30-20-13-23(29-16-20)26(35)32-22(11-10-17-6-2-1-3-7-17)25(34)31-19-12-18-8-4-5-9-21(18)28-15-19/h1-9,12,15,20,22-23,29H,10-11,13-14,16,27H2,(H,30,33)(H,31,34)(H,32,35)/t20-,22?,23+/m1/s1. The Morgan fingerprint density at radius 2 is 1.86 bits per heavy atom. The molecule has 2 heterocycles. The van der Waals surface area contributed by atoms with Gasteiger partial charge in [0, 0.05) is 18.0 Å². The highest BCUT2D eigenvalue weighted by atomic mass is 16.2. The van der Waals surface area contributed by atoms with E-state index in [1.54, 1.807) is 6.20 Å². The third-order valence-corrected chi connectivity index (χ3v) is 6.05. The lowest BCUT2D eigenvalue weighted by Gasteiger charge is -2.21. The second-order valence-electron chi connectivity index (χ2n) is 8.66. The number of amides is 3. The Hall–Kier alpha value is -3.82. The number of hydrogen-bond acceptors (Lipinski definition) is 6. The van der Waals surface area contributed by atoms with Crippen molar-refractivity contribution in [1.29, 1.82) is 0 Å². The third-order valence-electron chi connectivity index (χ3n) is 6.05. The predicted octanol–water partition coefficient (Wildman–Crippen LogP) is 1.10. The molecule has 4 rings (SSSR count). The summed E-state index contributed by atoms with van der Waals surface area (Å²) in [5.41, 5.74) is 7.84. The quantitative estimate of drug-likeness (QED) is 0.315. The molecule has 3 amide bonds. The second-order valence-corrected chi connectivity index (χ2v) is 8.66. The molecule has 1 saturated heterocycles. The van der Waals surface area contributed by atoms with Gasteiger partial charge in [0.05, 0.1) is 30.0 Å². The predicted molar refractivity (Wildman–Crippen MR) is 134 cm³/mol. The van der Waals surface area contributed by atoms with Crippen LogP contribution >= 0.6 is 0 Å². The first-order chi connectivity index (χ1) is 17.0. The number of rotatable bonds is 9. The van der Waals surface area contributed by atoms with Crippen LogP contribution in [0.4, 0.5) is 5.69 Å². The lowest BCUT2D eigenvalue weighted by molar-refractivity contribution is -0.127. The number of pyridine rings is 1. The van der Waals surface area contributed by atoms with Crippen molar-refractivity contribution in [2.75, 3.05) is 18.4 Å². The molecule has 1 unspecified atom stereocenters. The van der Waals surface area contributed by atoms with Gasteiger partial charge in [0.25, 0.3) is 0 Å². The van der Waals surface area contributed by atoms with Crippen LogP contribution in [0.15, 0.2) is 66.9 Å². The lowest BCUT2D eigenvalue weighted by atomic mass is 10.0. The first-order valence-electron chi connectivity index (χ1n) is 11.7. The van der Waals surface area contributed by atoms with Crippen molar-refractivity contribution in [2.24, 2.45) is 5.73 Å². The SMILES string of the molecule is NCC(=O)N[C@H]1CN[C@H](C(=O)NC(CCc2ccccc2)C(=O)Nc2cnc3ccccc3c2)C1. The molecule has 1 aliphatic heterocycles. The Morgan fingerprint density at radius 3 is 2.66 bits per heavy atom. The smallest absolute Gasteiger partial charge is 0.247 e. The summed E-state index contributed by atoms with van der Waals surface area (Å²) in [4.78, 5) is 42.2. The Bertz CT molecular complexity index is 1190. The summed E-state index contributed by atoms with van der Waals surface area (Å²) in [6.45, 7) is 0.367. The van der Waals surface area contributed by atoms with Crippen molar-refractivity contribution in [3.63, 3.8) is 0 Å². The minimum atomic E-state index is -0.742. The fraction of sp³-hybridized carbons (Fsp3) is 0.308. The summed E-state index contributed by atoms with van der Waals surface area (Å²) < 4.78 is 0. The summed E-state index contributed by atoms with van der Waals surface area (Å²) >= 11 is 0. The Labute approximate surface area is 203 Å². The summed E-state index contributed by atoms with van der Waals surface area (Å²) in [6.07, 6.45) is 3.10. The molecule has 35 heavy (non-hydrogen) atoms. The molecule has 0 bridgehead atoms. The molecular weight excluding hydrogens is 444 g/mol. The third kappa shape index (κ3) is 6.62. The minimum Gasteiger partial charge on any atom is -0.351 e. The highest BCUT2D eigenvalue weighted by molar-refractivity contribution is 5.99. The number of nitrogens with one attached hydrogen (secondary N) is 4. The number of carbonyl (C=O) groups is 3. The minimum absolute atomic E-state index is 0.0985. The van der Waals surface area contributed by atoms with E-state index in [1.807, 2.05) is 60.7 Å².